The molecule has 2 rings (SSSR count). The third-order valence-electron chi connectivity index (χ3n) is 2.02. The summed E-state index contributed by atoms with van der Waals surface area (Å²) >= 11 is 0. The maximum Gasteiger partial charge on any atom is 0.171 e. The average molecular weight is 224 g/mol. The van der Waals surface area contributed by atoms with Gasteiger partial charge in [0.2, 0.25) is 0 Å². The highest BCUT2D eigenvalue weighted by Crippen LogP contribution is 2.28. The summed E-state index contributed by atoms with van der Waals surface area (Å²) in [5, 5.41) is 0. The number of rotatable bonds is 0. The van der Waals surface area contributed by atoms with E-state index in [9.17, 15) is 0 Å². The standard InChI is InChI=1S/C9H12N2O.2C2H6/c1-7-5-8-9(10-6-7)11(2)3-4-12-8;2*1-2/h5-6H,3-4H2,1-2H3;2*1-2H3. The summed E-state index contributed by atoms with van der Waals surface area (Å²) in [6.45, 7) is 11.7. The molecule has 3 nitrogen and oxygen atoms in total. The van der Waals surface area contributed by atoms with Gasteiger partial charge in [-0.25, -0.2) is 4.98 Å². The fraction of sp³-hybridized carbons (Fsp3) is 0.615. The smallest absolute Gasteiger partial charge is 0.171 e. The Morgan fingerprint density at radius 1 is 1.25 bits per heavy atom. The first-order chi connectivity index (χ1) is 7.77. The minimum atomic E-state index is 0.759. The Kier molecular flexibility index (Phi) is 7.34. The van der Waals surface area contributed by atoms with Crippen LogP contribution in [0.15, 0.2) is 12.3 Å². The van der Waals surface area contributed by atoms with E-state index in [1.54, 1.807) is 0 Å². The maximum absolute atomic E-state index is 5.47. The van der Waals surface area contributed by atoms with E-state index in [-0.39, 0.29) is 0 Å². The molecule has 92 valence electrons. The van der Waals surface area contributed by atoms with Crippen LogP contribution < -0.4 is 9.64 Å². The van der Waals surface area contributed by atoms with Crippen LogP contribution in [0.2, 0.25) is 0 Å². The van der Waals surface area contributed by atoms with Gasteiger partial charge in [-0.15, -0.1) is 0 Å². The van der Waals surface area contributed by atoms with Crippen LogP contribution in [0.5, 0.6) is 5.75 Å². The molecule has 0 unspecified atom stereocenters. The van der Waals surface area contributed by atoms with Crippen molar-refractivity contribution in [2.75, 3.05) is 25.1 Å². The summed E-state index contributed by atoms with van der Waals surface area (Å²) in [6, 6.07) is 2.03. The molecular formula is C13H24N2O. The molecule has 2 heterocycles. The highest BCUT2D eigenvalue weighted by Gasteiger charge is 2.15. The van der Waals surface area contributed by atoms with Gasteiger partial charge in [-0.3, -0.25) is 0 Å². The number of hydrogen-bond donors (Lipinski definition) is 0. The van der Waals surface area contributed by atoms with Gasteiger partial charge in [0, 0.05) is 13.2 Å². The highest BCUT2D eigenvalue weighted by molar-refractivity contribution is 5.54. The Morgan fingerprint density at radius 3 is 2.50 bits per heavy atom. The molecule has 0 atom stereocenters. The van der Waals surface area contributed by atoms with E-state index in [2.05, 4.69) is 9.88 Å². The van der Waals surface area contributed by atoms with Crippen LogP contribution in [0.1, 0.15) is 33.3 Å². The first kappa shape index (κ1) is 14.8. The largest absolute Gasteiger partial charge is 0.488 e. The Bertz CT molecular complexity index is 300. The lowest BCUT2D eigenvalue weighted by Gasteiger charge is -2.26. The minimum Gasteiger partial charge on any atom is -0.488 e. The van der Waals surface area contributed by atoms with Gasteiger partial charge in [-0.05, 0) is 18.6 Å². The van der Waals surface area contributed by atoms with E-state index < -0.39 is 0 Å². The van der Waals surface area contributed by atoms with E-state index in [1.807, 2.05) is 53.9 Å². The van der Waals surface area contributed by atoms with Gasteiger partial charge in [0.1, 0.15) is 6.61 Å². The number of ether oxygens (including phenoxy) is 1. The molecule has 0 fully saturated rings. The maximum atomic E-state index is 5.47. The average Bonchev–Trinajstić information content (AvgIpc) is 2.34. The molecule has 0 aromatic carbocycles. The first-order valence-corrected chi connectivity index (χ1v) is 6.08. The molecule has 1 aromatic heterocycles. The van der Waals surface area contributed by atoms with Gasteiger partial charge in [0.25, 0.3) is 0 Å². The number of likely N-dealkylation sites (N-methyl/N-ethyl adjacent to an activating group) is 1. The van der Waals surface area contributed by atoms with Crippen LogP contribution in [0.25, 0.3) is 0 Å². The zero-order valence-electron chi connectivity index (χ0n) is 11.4. The van der Waals surface area contributed by atoms with Crippen molar-refractivity contribution in [3.8, 4) is 5.75 Å². The number of hydrogen-bond acceptors (Lipinski definition) is 3. The molecule has 3 heteroatoms. The van der Waals surface area contributed by atoms with Crippen LogP contribution in [-0.2, 0) is 0 Å². The van der Waals surface area contributed by atoms with E-state index in [0.717, 1.165) is 30.3 Å². The molecule has 1 aliphatic heterocycles. The van der Waals surface area contributed by atoms with E-state index >= 15 is 0 Å². The summed E-state index contributed by atoms with van der Waals surface area (Å²) in [6.07, 6.45) is 1.87. The molecule has 0 amide bonds. The molecule has 16 heavy (non-hydrogen) atoms. The Hall–Kier alpha value is -1.25. The Morgan fingerprint density at radius 2 is 1.88 bits per heavy atom. The van der Waals surface area contributed by atoms with E-state index in [4.69, 9.17) is 4.74 Å². The third-order valence-corrected chi connectivity index (χ3v) is 2.02. The summed E-state index contributed by atoms with van der Waals surface area (Å²) in [4.78, 5) is 6.41. The molecular weight excluding hydrogens is 200 g/mol. The van der Waals surface area contributed by atoms with Gasteiger partial charge in [-0.1, -0.05) is 27.7 Å². The summed E-state index contributed by atoms with van der Waals surface area (Å²) < 4.78 is 5.47. The SMILES string of the molecule is CC.CC.Cc1cnc2c(c1)OCCN2C. The first-order valence-electron chi connectivity index (χ1n) is 6.08. The van der Waals surface area contributed by atoms with Gasteiger partial charge in [0.05, 0.1) is 6.54 Å². The second-order valence-corrected chi connectivity index (χ2v) is 3.10. The van der Waals surface area contributed by atoms with Crippen LogP contribution in [0, 0.1) is 6.92 Å². The van der Waals surface area contributed by atoms with Crippen LogP contribution in [0.4, 0.5) is 5.82 Å². The van der Waals surface area contributed by atoms with E-state index in [0.29, 0.717) is 0 Å². The van der Waals surface area contributed by atoms with Crippen LogP contribution in [0.3, 0.4) is 0 Å². The molecule has 0 N–H and O–H groups in total. The number of pyridine rings is 1. The van der Waals surface area contributed by atoms with Gasteiger partial charge in [-0.2, -0.15) is 0 Å². The lowest BCUT2D eigenvalue weighted by atomic mass is 10.3. The van der Waals surface area contributed by atoms with Crippen molar-refractivity contribution < 1.29 is 4.74 Å². The molecule has 0 bridgehead atoms. The Labute approximate surface area is 99.4 Å². The van der Waals surface area contributed by atoms with Crippen LogP contribution in [-0.4, -0.2) is 25.2 Å². The predicted octanol–water partition coefficient (Wildman–Crippen LogP) is 3.27. The lowest BCUT2D eigenvalue weighted by molar-refractivity contribution is 0.308. The number of fused-ring (bicyclic) bond motifs is 1. The predicted molar refractivity (Wildman–Crippen MR) is 70.4 cm³/mol. The molecule has 0 saturated carbocycles. The number of anilines is 1. The van der Waals surface area contributed by atoms with Crippen molar-refractivity contribution in [1.82, 2.24) is 4.98 Å². The van der Waals surface area contributed by atoms with Crippen molar-refractivity contribution in [2.24, 2.45) is 0 Å². The third kappa shape index (κ3) is 3.72. The molecule has 0 radical (unpaired) electrons. The van der Waals surface area contributed by atoms with Crippen molar-refractivity contribution in [3.05, 3.63) is 17.8 Å². The number of nitrogens with zero attached hydrogens (tertiary/aromatic N) is 2. The van der Waals surface area contributed by atoms with Crippen molar-refractivity contribution in [3.63, 3.8) is 0 Å². The number of aromatic nitrogens is 1. The van der Waals surface area contributed by atoms with Crippen molar-refractivity contribution in [2.45, 2.75) is 34.6 Å². The zero-order valence-corrected chi connectivity index (χ0v) is 11.4. The summed E-state index contributed by atoms with van der Waals surface area (Å²) in [7, 11) is 2.03. The second-order valence-electron chi connectivity index (χ2n) is 3.10. The summed E-state index contributed by atoms with van der Waals surface area (Å²) in [5.74, 6) is 1.86. The molecule has 0 spiro atoms. The molecule has 1 aliphatic rings. The Balaban J connectivity index is 0.000000509. The van der Waals surface area contributed by atoms with Crippen LogP contribution >= 0.6 is 0 Å². The number of aryl methyl sites for hydroxylation is 1. The van der Waals surface area contributed by atoms with Gasteiger partial charge in [0.15, 0.2) is 11.6 Å². The highest BCUT2D eigenvalue weighted by atomic mass is 16.5. The quantitative estimate of drug-likeness (QED) is 0.676. The lowest BCUT2D eigenvalue weighted by Crippen LogP contribution is -2.29. The van der Waals surface area contributed by atoms with Gasteiger partial charge >= 0.3 is 0 Å². The van der Waals surface area contributed by atoms with Gasteiger partial charge < -0.3 is 9.64 Å². The minimum absolute atomic E-state index is 0.759. The fourth-order valence-electron chi connectivity index (χ4n) is 1.33. The normalized spacial score (nSPS) is 12.2. The second kappa shape index (κ2) is 7.97. The van der Waals surface area contributed by atoms with E-state index in [1.165, 1.54) is 0 Å². The topological polar surface area (TPSA) is 25.4 Å². The summed E-state index contributed by atoms with van der Waals surface area (Å²) in [5.41, 5.74) is 1.14. The van der Waals surface area contributed by atoms with Crippen molar-refractivity contribution >= 4 is 5.82 Å². The molecule has 1 aromatic rings. The fourth-order valence-corrected chi connectivity index (χ4v) is 1.33. The zero-order chi connectivity index (χ0) is 12.6. The monoisotopic (exact) mass is 224 g/mol. The molecule has 0 aliphatic carbocycles. The molecule has 0 saturated heterocycles. The van der Waals surface area contributed by atoms with Crippen molar-refractivity contribution in [1.29, 1.82) is 0 Å².